The standard InChI is InChI=1S/C28H52O6P2/c1-11-31-35(29,32-12-2)28(22-21-25(7)8,36(30,33-13-3)34-14-4)23-27(10)20-16-19-26(9)18-15-17-24(5)6/h17,19,21,23H,11-16,18,20,22H2,1-10H3. The van der Waals surface area contributed by atoms with E-state index in [1.54, 1.807) is 33.8 Å². The van der Waals surface area contributed by atoms with Crippen LogP contribution in [0.1, 0.15) is 101 Å². The average Bonchev–Trinajstić information content (AvgIpc) is 2.76. The van der Waals surface area contributed by atoms with Crippen molar-refractivity contribution in [2.45, 2.75) is 106 Å². The molecule has 0 bridgehead atoms. The summed E-state index contributed by atoms with van der Waals surface area (Å²) < 4.78 is 52.2. The Bertz CT molecular complexity index is 811. The molecule has 0 rings (SSSR count). The zero-order valence-electron chi connectivity index (χ0n) is 24.5. The van der Waals surface area contributed by atoms with E-state index in [4.69, 9.17) is 18.1 Å². The Kier molecular flexibility index (Phi) is 17.3. The zero-order valence-corrected chi connectivity index (χ0v) is 26.3. The summed E-state index contributed by atoms with van der Waals surface area (Å²) in [6.45, 7) is 19.8. The molecule has 0 aliphatic heterocycles. The maximum Gasteiger partial charge on any atom is 0.353 e. The van der Waals surface area contributed by atoms with Gasteiger partial charge in [0.15, 0.2) is 4.90 Å². The first kappa shape index (κ1) is 35.3. The fraction of sp³-hybridized carbons (Fsp3) is 0.714. The van der Waals surface area contributed by atoms with E-state index < -0.39 is 20.1 Å². The van der Waals surface area contributed by atoms with Gasteiger partial charge in [-0.15, -0.1) is 0 Å². The summed E-state index contributed by atoms with van der Waals surface area (Å²) in [5.74, 6) is 0. The Hall–Kier alpha value is -0.740. The van der Waals surface area contributed by atoms with Gasteiger partial charge in [-0.2, -0.15) is 0 Å². The summed E-state index contributed by atoms with van der Waals surface area (Å²) in [6, 6.07) is 0. The van der Waals surface area contributed by atoms with Crippen molar-refractivity contribution in [3.63, 3.8) is 0 Å². The van der Waals surface area contributed by atoms with E-state index in [0.29, 0.717) is 6.42 Å². The molecular weight excluding hydrogens is 494 g/mol. The maximum atomic E-state index is 14.5. The van der Waals surface area contributed by atoms with Crippen molar-refractivity contribution in [2.24, 2.45) is 0 Å². The van der Waals surface area contributed by atoms with E-state index in [1.807, 2.05) is 26.8 Å². The molecule has 0 radical (unpaired) electrons. The summed E-state index contributed by atoms with van der Waals surface area (Å²) in [7, 11) is -7.97. The van der Waals surface area contributed by atoms with Crippen molar-refractivity contribution in [1.29, 1.82) is 0 Å². The van der Waals surface area contributed by atoms with Gasteiger partial charge in [0.1, 0.15) is 0 Å². The molecule has 0 aliphatic rings. The minimum atomic E-state index is -3.98. The van der Waals surface area contributed by atoms with Gasteiger partial charge in [0.05, 0.1) is 26.4 Å². The molecular formula is C28H52O6P2. The first-order valence-corrected chi connectivity index (χ1v) is 16.3. The van der Waals surface area contributed by atoms with Crippen molar-refractivity contribution >= 4 is 15.2 Å². The molecule has 0 aromatic carbocycles. The first-order valence-electron chi connectivity index (χ1n) is 13.3. The van der Waals surface area contributed by atoms with Crippen LogP contribution in [0.5, 0.6) is 0 Å². The van der Waals surface area contributed by atoms with Crippen LogP contribution in [0.15, 0.2) is 46.6 Å². The van der Waals surface area contributed by atoms with Gasteiger partial charge in [-0.3, -0.25) is 9.13 Å². The molecule has 36 heavy (non-hydrogen) atoms. The summed E-state index contributed by atoms with van der Waals surface area (Å²) in [5, 5.41) is 0. The molecule has 0 N–H and O–H groups in total. The van der Waals surface area contributed by atoms with Crippen LogP contribution in [0, 0.1) is 0 Å². The second kappa shape index (κ2) is 17.7. The van der Waals surface area contributed by atoms with Gasteiger partial charge in [-0.25, -0.2) is 0 Å². The molecule has 0 aliphatic carbocycles. The third-order valence-corrected chi connectivity index (χ3v) is 11.9. The predicted molar refractivity (Wildman–Crippen MR) is 154 cm³/mol. The van der Waals surface area contributed by atoms with Gasteiger partial charge < -0.3 is 18.1 Å². The minimum absolute atomic E-state index is 0.145. The van der Waals surface area contributed by atoms with E-state index in [1.165, 1.54) is 11.1 Å². The molecule has 0 amide bonds. The topological polar surface area (TPSA) is 71.1 Å². The molecule has 6 nitrogen and oxygen atoms in total. The lowest BCUT2D eigenvalue weighted by atomic mass is 10.0. The van der Waals surface area contributed by atoms with Crippen LogP contribution >= 0.6 is 15.2 Å². The quantitative estimate of drug-likeness (QED) is 0.119. The molecule has 0 aromatic heterocycles. The molecule has 8 heteroatoms. The van der Waals surface area contributed by atoms with E-state index in [2.05, 4.69) is 32.9 Å². The molecule has 0 spiro atoms. The largest absolute Gasteiger partial charge is 0.353 e. The first-order chi connectivity index (χ1) is 16.9. The zero-order chi connectivity index (χ0) is 27.8. The predicted octanol–water partition coefficient (Wildman–Crippen LogP) is 9.99. The normalized spacial score (nSPS) is 13.6. The maximum absolute atomic E-state index is 14.5. The Morgan fingerprint density at radius 1 is 0.611 bits per heavy atom. The van der Waals surface area contributed by atoms with Gasteiger partial charge in [0, 0.05) is 0 Å². The van der Waals surface area contributed by atoms with E-state index in [9.17, 15) is 9.13 Å². The van der Waals surface area contributed by atoms with E-state index in [0.717, 1.165) is 30.4 Å². The summed E-state index contributed by atoms with van der Waals surface area (Å²) in [5.41, 5.74) is 4.60. The van der Waals surface area contributed by atoms with Crippen LogP contribution in [-0.4, -0.2) is 31.3 Å². The smallest absolute Gasteiger partial charge is 0.308 e. The third-order valence-electron chi connectivity index (χ3n) is 5.56. The lowest BCUT2D eigenvalue weighted by Crippen LogP contribution is -2.31. The van der Waals surface area contributed by atoms with Gasteiger partial charge >= 0.3 is 15.2 Å². The Morgan fingerprint density at radius 3 is 1.39 bits per heavy atom. The molecule has 0 unspecified atom stereocenters. The average molecular weight is 547 g/mol. The number of allylic oxidation sites excluding steroid dienone is 8. The Labute approximate surface area is 221 Å². The highest BCUT2D eigenvalue weighted by Crippen LogP contribution is 2.80. The Balaban J connectivity index is 6.64. The SMILES string of the molecule is CCOP(=O)(OCC)C(C=C(C)CCC=C(C)CCC=C(C)C)(CC=C(C)C)P(=O)(OCC)OCC. The highest BCUT2D eigenvalue weighted by atomic mass is 31.2. The minimum Gasteiger partial charge on any atom is -0.308 e. The molecule has 210 valence electrons. The highest BCUT2D eigenvalue weighted by Gasteiger charge is 2.63. The fourth-order valence-electron chi connectivity index (χ4n) is 3.85. The summed E-state index contributed by atoms with van der Waals surface area (Å²) in [6.07, 6.45) is 11.9. The van der Waals surface area contributed by atoms with Crippen molar-refractivity contribution in [3.05, 3.63) is 46.6 Å². The van der Waals surface area contributed by atoms with Crippen molar-refractivity contribution in [3.8, 4) is 0 Å². The second-order valence-corrected chi connectivity index (χ2v) is 14.4. The summed E-state index contributed by atoms with van der Waals surface area (Å²) >= 11 is 0. The highest BCUT2D eigenvalue weighted by molar-refractivity contribution is 7.74. The van der Waals surface area contributed by atoms with Crippen molar-refractivity contribution in [1.82, 2.24) is 0 Å². The lowest BCUT2D eigenvalue weighted by molar-refractivity contribution is 0.184. The van der Waals surface area contributed by atoms with E-state index >= 15 is 0 Å². The molecule has 0 fully saturated rings. The van der Waals surface area contributed by atoms with Crippen LogP contribution in [0.3, 0.4) is 0 Å². The molecule has 0 heterocycles. The molecule has 0 atom stereocenters. The van der Waals surface area contributed by atoms with Gasteiger partial charge in [-0.1, -0.05) is 46.6 Å². The van der Waals surface area contributed by atoms with Crippen molar-refractivity contribution < 1.29 is 27.2 Å². The van der Waals surface area contributed by atoms with Crippen LogP contribution < -0.4 is 0 Å². The number of hydrogen-bond acceptors (Lipinski definition) is 6. The fourth-order valence-corrected chi connectivity index (χ4v) is 9.53. The van der Waals surface area contributed by atoms with Gasteiger partial charge in [0.2, 0.25) is 0 Å². The molecule has 0 aromatic rings. The second-order valence-electron chi connectivity index (χ2n) is 9.43. The van der Waals surface area contributed by atoms with Crippen LogP contribution in [0.25, 0.3) is 0 Å². The van der Waals surface area contributed by atoms with E-state index in [-0.39, 0.29) is 32.8 Å². The number of rotatable bonds is 19. The van der Waals surface area contributed by atoms with Gasteiger partial charge in [-0.05, 0) is 101 Å². The van der Waals surface area contributed by atoms with Crippen LogP contribution in [-0.2, 0) is 27.2 Å². The van der Waals surface area contributed by atoms with Gasteiger partial charge in [0.25, 0.3) is 0 Å². The van der Waals surface area contributed by atoms with Crippen molar-refractivity contribution in [2.75, 3.05) is 26.4 Å². The molecule has 0 saturated carbocycles. The third kappa shape index (κ3) is 10.9. The van der Waals surface area contributed by atoms with Crippen LogP contribution in [0.2, 0.25) is 0 Å². The van der Waals surface area contributed by atoms with Crippen LogP contribution in [0.4, 0.5) is 0 Å². The summed E-state index contributed by atoms with van der Waals surface area (Å²) in [4.78, 5) is -1.60. The lowest BCUT2D eigenvalue weighted by Gasteiger charge is -2.40. The monoisotopic (exact) mass is 546 g/mol. The Morgan fingerprint density at radius 2 is 1.00 bits per heavy atom. The molecule has 0 saturated heterocycles. The number of hydrogen-bond donors (Lipinski definition) is 0.